The summed E-state index contributed by atoms with van der Waals surface area (Å²) in [5.41, 5.74) is 1.29. The van der Waals surface area contributed by atoms with Crippen molar-refractivity contribution in [2.45, 2.75) is 6.04 Å². The maximum Gasteiger partial charge on any atom is 0.322 e. The molecular formula is C15H16N4O5. The molecule has 1 aromatic rings. The second-order valence-electron chi connectivity index (χ2n) is 5.60. The molecular weight excluding hydrogens is 316 g/mol. The quantitative estimate of drug-likeness (QED) is 0.611. The number of nitro groups is 1. The SMILES string of the molecule is CN1C(=O)N[C@@H](c2cccc([N+](=O)[O-])c2)C2=C1CN(CCO)C2=O. The summed E-state index contributed by atoms with van der Waals surface area (Å²) >= 11 is 0. The van der Waals surface area contributed by atoms with E-state index in [1.54, 1.807) is 13.1 Å². The number of non-ortho nitro benzene ring substituents is 1. The Morgan fingerprint density at radius 2 is 2.17 bits per heavy atom. The minimum atomic E-state index is -0.750. The van der Waals surface area contributed by atoms with E-state index in [0.717, 1.165) is 0 Å². The van der Waals surface area contributed by atoms with E-state index in [9.17, 15) is 19.7 Å². The van der Waals surface area contributed by atoms with Gasteiger partial charge in [-0.15, -0.1) is 0 Å². The lowest BCUT2D eigenvalue weighted by Crippen LogP contribution is -2.45. The minimum absolute atomic E-state index is 0.111. The van der Waals surface area contributed by atoms with Crippen LogP contribution in [0, 0.1) is 10.1 Å². The van der Waals surface area contributed by atoms with Crippen molar-refractivity contribution in [1.82, 2.24) is 15.1 Å². The average Bonchev–Trinajstić information content (AvgIpc) is 2.89. The summed E-state index contributed by atoms with van der Waals surface area (Å²) < 4.78 is 0. The Kier molecular flexibility index (Phi) is 3.94. The Morgan fingerprint density at radius 1 is 1.42 bits per heavy atom. The fraction of sp³-hybridized carbons (Fsp3) is 0.333. The molecule has 3 amide bonds. The van der Waals surface area contributed by atoms with Crippen molar-refractivity contribution < 1.29 is 19.6 Å². The molecule has 9 nitrogen and oxygen atoms in total. The fourth-order valence-corrected chi connectivity index (χ4v) is 2.99. The Bertz CT molecular complexity index is 760. The number of carbonyl (C=O) groups excluding carboxylic acids is 2. The summed E-state index contributed by atoms with van der Waals surface area (Å²) in [6.45, 7) is 0.207. The molecule has 9 heteroatoms. The van der Waals surface area contributed by atoms with Gasteiger partial charge in [0.15, 0.2) is 0 Å². The molecule has 0 aromatic heterocycles. The maximum atomic E-state index is 12.6. The van der Waals surface area contributed by atoms with Gasteiger partial charge in [0.2, 0.25) is 0 Å². The van der Waals surface area contributed by atoms with Crippen LogP contribution in [0.2, 0.25) is 0 Å². The van der Waals surface area contributed by atoms with Crippen LogP contribution in [0.15, 0.2) is 35.5 Å². The number of nitrogens with zero attached hydrogens (tertiary/aromatic N) is 3. The van der Waals surface area contributed by atoms with Crippen molar-refractivity contribution in [1.29, 1.82) is 0 Å². The average molecular weight is 332 g/mol. The lowest BCUT2D eigenvalue weighted by Gasteiger charge is -2.31. The van der Waals surface area contributed by atoms with Crippen LogP contribution in [0.3, 0.4) is 0 Å². The third-order valence-electron chi connectivity index (χ3n) is 4.22. The molecule has 2 N–H and O–H groups in total. The number of hydrogen-bond donors (Lipinski definition) is 2. The van der Waals surface area contributed by atoms with Gasteiger partial charge < -0.3 is 15.3 Å². The molecule has 0 spiro atoms. The molecule has 0 aliphatic carbocycles. The normalized spacial score (nSPS) is 20.3. The second kappa shape index (κ2) is 5.93. The van der Waals surface area contributed by atoms with Crippen molar-refractivity contribution in [3.63, 3.8) is 0 Å². The zero-order valence-electron chi connectivity index (χ0n) is 12.9. The van der Waals surface area contributed by atoms with Gasteiger partial charge in [-0.3, -0.25) is 19.8 Å². The van der Waals surface area contributed by atoms with Gasteiger partial charge >= 0.3 is 6.03 Å². The number of likely N-dealkylation sites (N-methyl/N-ethyl adjacent to an activating group) is 1. The molecule has 0 fully saturated rings. The van der Waals surface area contributed by atoms with E-state index < -0.39 is 11.0 Å². The standard InChI is InChI=1S/C15H16N4O5/c1-17-11-8-18(5-6-20)14(21)12(11)13(16-15(17)22)9-3-2-4-10(7-9)19(23)24/h2-4,7,13,20H,5-6,8H2,1H3,(H,16,22)/t13-/m0/s1. The van der Waals surface area contributed by atoms with Crippen LogP contribution in [0.1, 0.15) is 11.6 Å². The molecule has 0 saturated heterocycles. The number of carbonyl (C=O) groups is 2. The highest BCUT2D eigenvalue weighted by Crippen LogP contribution is 2.36. The Labute approximate surface area is 137 Å². The first-order valence-electron chi connectivity index (χ1n) is 7.35. The number of nitro benzene ring substituents is 1. The molecule has 0 unspecified atom stereocenters. The highest BCUT2D eigenvalue weighted by molar-refractivity contribution is 6.01. The number of amides is 3. The Hall–Kier alpha value is -2.94. The Morgan fingerprint density at radius 3 is 2.83 bits per heavy atom. The molecule has 0 saturated carbocycles. The van der Waals surface area contributed by atoms with E-state index in [-0.39, 0.29) is 37.3 Å². The smallest absolute Gasteiger partial charge is 0.322 e. The molecule has 1 aromatic carbocycles. The van der Waals surface area contributed by atoms with Gasteiger partial charge in [-0.2, -0.15) is 0 Å². The van der Waals surface area contributed by atoms with Crippen molar-refractivity contribution in [3.05, 3.63) is 51.2 Å². The summed E-state index contributed by atoms with van der Waals surface area (Å²) in [4.78, 5) is 38.1. The van der Waals surface area contributed by atoms with Crippen molar-refractivity contribution >= 4 is 17.6 Å². The summed E-state index contributed by atoms with van der Waals surface area (Å²) in [6.07, 6.45) is 0. The van der Waals surface area contributed by atoms with Gasteiger partial charge in [0.1, 0.15) is 0 Å². The molecule has 0 bridgehead atoms. The Balaban J connectivity index is 2.04. The van der Waals surface area contributed by atoms with E-state index >= 15 is 0 Å². The van der Waals surface area contributed by atoms with Crippen molar-refractivity contribution in [2.24, 2.45) is 0 Å². The first-order valence-corrected chi connectivity index (χ1v) is 7.35. The molecule has 3 rings (SSSR count). The lowest BCUT2D eigenvalue weighted by molar-refractivity contribution is -0.384. The van der Waals surface area contributed by atoms with Gasteiger partial charge in [-0.1, -0.05) is 12.1 Å². The molecule has 24 heavy (non-hydrogen) atoms. The predicted molar refractivity (Wildman–Crippen MR) is 82.8 cm³/mol. The zero-order valence-corrected chi connectivity index (χ0v) is 12.9. The number of benzene rings is 1. The number of hydrogen-bond acceptors (Lipinski definition) is 5. The molecule has 1 atom stereocenters. The van der Waals surface area contributed by atoms with Gasteiger partial charge in [0, 0.05) is 25.7 Å². The first-order chi connectivity index (χ1) is 11.4. The van der Waals surface area contributed by atoms with Crippen LogP contribution in [0.25, 0.3) is 0 Å². The van der Waals surface area contributed by atoms with Gasteiger partial charge in [0.05, 0.1) is 35.4 Å². The number of rotatable bonds is 4. The first kappa shape index (κ1) is 15.9. The summed E-state index contributed by atoms with van der Waals surface area (Å²) in [7, 11) is 1.56. The number of nitrogens with one attached hydrogen (secondary N) is 1. The second-order valence-corrected chi connectivity index (χ2v) is 5.60. The summed E-state index contributed by atoms with van der Waals surface area (Å²) in [5, 5.41) is 22.8. The lowest BCUT2D eigenvalue weighted by atomic mass is 9.95. The number of aliphatic hydroxyl groups is 1. The van der Waals surface area contributed by atoms with Crippen molar-refractivity contribution in [3.8, 4) is 0 Å². The van der Waals surface area contributed by atoms with E-state index in [2.05, 4.69) is 5.32 Å². The summed E-state index contributed by atoms with van der Waals surface area (Å²) in [5.74, 6) is -0.289. The number of β-amino-alcohol motifs (C(OH)–C–C–N with tert-alkyl or cyclic N) is 1. The van der Waals surface area contributed by atoms with E-state index in [4.69, 9.17) is 5.11 Å². The number of urea groups is 1. The van der Waals surface area contributed by atoms with Crippen LogP contribution in [0.5, 0.6) is 0 Å². The van der Waals surface area contributed by atoms with E-state index in [1.165, 1.54) is 28.0 Å². The third-order valence-corrected chi connectivity index (χ3v) is 4.22. The van der Waals surface area contributed by atoms with Gasteiger partial charge in [-0.05, 0) is 5.56 Å². The highest BCUT2D eigenvalue weighted by Gasteiger charge is 2.42. The van der Waals surface area contributed by atoms with E-state index in [1.807, 2.05) is 0 Å². The monoisotopic (exact) mass is 332 g/mol. The fourth-order valence-electron chi connectivity index (χ4n) is 2.99. The van der Waals surface area contributed by atoms with Crippen LogP contribution in [-0.4, -0.2) is 58.5 Å². The zero-order chi connectivity index (χ0) is 17.4. The molecule has 2 aliphatic rings. The number of aliphatic hydroxyl groups excluding tert-OH is 1. The highest BCUT2D eigenvalue weighted by atomic mass is 16.6. The topological polar surface area (TPSA) is 116 Å². The van der Waals surface area contributed by atoms with Crippen LogP contribution >= 0.6 is 0 Å². The molecule has 126 valence electrons. The van der Waals surface area contributed by atoms with Crippen LogP contribution < -0.4 is 5.32 Å². The molecule has 2 heterocycles. The predicted octanol–water partition coefficient (Wildman–Crippen LogP) is 0.380. The molecule has 0 radical (unpaired) electrons. The largest absolute Gasteiger partial charge is 0.395 e. The summed E-state index contributed by atoms with van der Waals surface area (Å²) in [6, 6.07) is 4.72. The minimum Gasteiger partial charge on any atom is -0.395 e. The van der Waals surface area contributed by atoms with Gasteiger partial charge in [0.25, 0.3) is 11.6 Å². The van der Waals surface area contributed by atoms with Crippen molar-refractivity contribution in [2.75, 3.05) is 26.7 Å². The third kappa shape index (κ3) is 2.48. The van der Waals surface area contributed by atoms with E-state index in [0.29, 0.717) is 16.8 Å². The van der Waals surface area contributed by atoms with Crippen LogP contribution in [-0.2, 0) is 4.79 Å². The molecule has 2 aliphatic heterocycles. The van der Waals surface area contributed by atoms with Crippen LogP contribution in [0.4, 0.5) is 10.5 Å². The maximum absolute atomic E-state index is 12.6. The van der Waals surface area contributed by atoms with Gasteiger partial charge in [-0.25, -0.2) is 4.79 Å².